The van der Waals surface area contributed by atoms with Crippen LogP contribution in [0.5, 0.6) is 5.75 Å². The molecular weight excluding hydrogens is 222 g/mol. The van der Waals surface area contributed by atoms with E-state index in [1.54, 1.807) is 0 Å². The van der Waals surface area contributed by atoms with Crippen LogP contribution in [0.25, 0.3) is 0 Å². The maximum absolute atomic E-state index is 10.6. The van der Waals surface area contributed by atoms with Gasteiger partial charge in [0, 0.05) is 12.5 Å². The van der Waals surface area contributed by atoms with E-state index in [9.17, 15) is 14.9 Å². The highest BCUT2D eigenvalue weighted by Crippen LogP contribution is 2.34. The molecule has 0 heterocycles. The molecule has 0 amide bonds. The molecule has 0 aromatic heterocycles. The standard InChI is InChI=1S/C9H8ClNO4/c10-7-3-1-4-8(11(13)14)9(7)15-6-2-5-12/h1,3-5H,2,6H2. The van der Waals surface area contributed by atoms with Crippen molar-refractivity contribution in [3.63, 3.8) is 0 Å². The number of carbonyl (C=O) groups is 1. The van der Waals surface area contributed by atoms with E-state index >= 15 is 0 Å². The Bertz CT molecular complexity index is 380. The summed E-state index contributed by atoms with van der Waals surface area (Å²) in [7, 11) is 0. The van der Waals surface area contributed by atoms with E-state index in [1.165, 1.54) is 18.2 Å². The number of rotatable bonds is 5. The minimum atomic E-state index is -0.581. The van der Waals surface area contributed by atoms with Crippen LogP contribution in [0.3, 0.4) is 0 Å². The highest BCUT2D eigenvalue weighted by Gasteiger charge is 2.17. The molecule has 6 heteroatoms. The molecule has 1 rings (SSSR count). The van der Waals surface area contributed by atoms with Crippen molar-refractivity contribution in [2.24, 2.45) is 0 Å². The van der Waals surface area contributed by atoms with Crippen LogP contribution in [-0.2, 0) is 4.79 Å². The maximum Gasteiger partial charge on any atom is 0.312 e. The average molecular weight is 230 g/mol. The van der Waals surface area contributed by atoms with Crippen LogP contribution in [0.2, 0.25) is 5.02 Å². The first-order valence-corrected chi connectivity index (χ1v) is 4.54. The van der Waals surface area contributed by atoms with E-state index in [2.05, 4.69) is 0 Å². The number of ether oxygens (including phenoxy) is 1. The quantitative estimate of drug-likeness (QED) is 0.336. The summed E-state index contributed by atoms with van der Waals surface area (Å²) < 4.78 is 5.06. The van der Waals surface area contributed by atoms with Gasteiger partial charge in [0.1, 0.15) is 6.29 Å². The largest absolute Gasteiger partial charge is 0.485 e. The molecule has 0 aliphatic heterocycles. The Morgan fingerprint density at radius 2 is 2.27 bits per heavy atom. The maximum atomic E-state index is 10.6. The minimum absolute atomic E-state index is 0.00557. The number of nitrogens with zero attached hydrogens (tertiary/aromatic N) is 1. The Morgan fingerprint density at radius 3 is 2.87 bits per heavy atom. The van der Waals surface area contributed by atoms with E-state index in [0.29, 0.717) is 6.29 Å². The summed E-state index contributed by atoms with van der Waals surface area (Å²) in [4.78, 5) is 20.1. The number of nitro benzene ring substituents is 1. The summed E-state index contributed by atoms with van der Waals surface area (Å²) in [6.45, 7) is 0.0775. The van der Waals surface area contributed by atoms with Gasteiger partial charge in [-0.05, 0) is 6.07 Å². The monoisotopic (exact) mass is 229 g/mol. The van der Waals surface area contributed by atoms with Crippen LogP contribution < -0.4 is 4.74 Å². The van der Waals surface area contributed by atoms with Gasteiger partial charge < -0.3 is 9.53 Å². The van der Waals surface area contributed by atoms with Crippen molar-refractivity contribution in [2.75, 3.05) is 6.61 Å². The van der Waals surface area contributed by atoms with E-state index in [0.717, 1.165) is 0 Å². The fourth-order valence-corrected chi connectivity index (χ4v) is 1.22. The van der Waals surface area contributed by atoms with Crippen molar-refractivity contribution in [3.05, 3.63) is 33.3 Å². The minimum Gasteiger partial charge on any atom is -0.485 e. The van der Waals surface area contributed by atoms with Crippen molar-refractivity contribution in [1.29, 1.82) is 0 Å². The molecule has 0 bridgehead atoms. The fourth-order valence-electron chi connectivity index (χ4n) is 0.993. The number of hydrogen-bond donors (Lipinski definition) is 0. The van der Waals surface area contributed by atoms with E-state index in [4.69, 9.17) is 16.3 Å². The second-order valence-electron chi connectivity index (χ2n) is 2.65. The van der Waals surface area contributed by atoms with Gasteiger partial charge in [0.25, 0.3) is 0 Å². The van der Waals surface area contributed by atoms with Gasteiger partial charge in [-0.2, -0.15) is 0 Å². The Hall–Kier alpha value is -1.62. The van der Waals surface area contributed by atoms with Gasteiger partial charge in [-0.25, -0.2) is 0 Å². The van der Waals surface area contributed by atoms with Crippen LogP contribution in [0.4, 0.5) is 5.69 Å². The molecule has 0 atom stereocenters. The summed E-state index contributed by atoms with van der Waals surface area (Å²) in [5.74, 6) is 0.00557. The van der Waals surface area contributed by atoms with Gasteiger partial charge in [0.05, 0.1) is 16.6 Å². The molecule has 0 fully saturated rings. The van der Waals surface area contributed by atoms with Crippen molar-refractivity contribution in [1.82, 2.24) is 0 Å². The molecule has 1 aromatic rings. The van der Waals surface area contributed by atoms with Gasteiger partial charge in [-0.15, -0.1) is 0 Å². The van der Waals surface area contributed by atoms with Crippen LogP contribution in [-0.4, -0.2) is 17.8 Å². The number of benzene rings is 1. The van der Waals surface area contributed by atoms with Crippen LogP contribution in [0.1, 0.15) is 6.42 Å². The van der Waals surface area contributed by atoms with Crippen molar-refractivity contribution >= 4 is 23.6 Å². The predicted octanol–water partition coefficient (Wildman–Crippen LogP) is 2.22. The van der Waals surface area contributed by atoms with Gasteiger partial charge in [0.15, 0.2) is 0 Å². The first kappa shape index (κ1) is 11.5. The van der Waals surface area contributed by atoms with Crippen molar-refractivity contribution in [2.45, 2.75) is 6.42 Å². The van der Waals surface area contributed by atoms with Crippen LogP contribution in [0.15, 0.2) is 18.2 Å². The van der Waals surface area contributed by atoms with E-state index < -0.39 is 4.92 Å². The second-order valence-corrected chi connectivity index (χ2v) is 3.06. The smallest absolute Gasteiger partial charge is 0.312 e. The topological polar surface area (TPSA) is 69.4 Å². The molecule has 0 saturated heterocycles. The average Bonchev–Trinajstić information content (AvgIpc) is 2.20. The van der Waals surface area contributed by atoms with Gasteiger partial charge in [0.2, 0.25) is 5.75 Å². The normalized spacial score (nSPS) is 9.67. The molecule has 0 radical (unpaired) electrons. The lowest BCUT2D eigenvalue weighted by Crippen LogP contribution is -2.01. The highest BCUT2D eigenvalue weighted by molar-refractivity contribution is 6.32. The van der Waals surface area contributed by atoms with Gasteiger partial charge >= 0.3 is 5.69 Å². The summed E-state index contributed by atoms with van der Waals surface area (Å²) >= 11 is 5.73. The van der Waals surface area contributed by atoms with Gasteiger partial charge in [-0.3, -0.25) is 10.1 Å². The lowest BCUT2D eigenvalue weighted by molar-refractivity contribution is -0.385. The molecule has 0 saturated carbocycles. The molecule has 0 unspecified atom stereocenters. The molecule has 0 aliphatic rings. The summed E-state index contributed by atoms with van der Waals surface area (Å²) in [6.07, 6.45) is 0.838. The third-order valence-electron chi connectivity index (χ3n) is 1.63. The molecular formula is C9H8ClNO4. The molecule has 0 spiro atoms. The summed E-state index contributed by atoms with van der Waals surface area (Å²) in [5.41, 5.74) is -0.201. The number of carbonyl (C=O) groups excluding carboxylic acids is 1. The molecule has 0 aliphatic carbocycles. The van der Waals surface area contributed by atoms with Crippen molar-refractivity contribution in [3.8, 4) is 5.75 Å². The zero-order valence-corrected chi connectivity index (χ0v) is 8.44. The Morgan fingerprint density at radius 1 is 1.53 bits per heavy atom. The number of aldehydes is 1. The van der Waals surface area contributed by atoms with Gasteiger partial charge in [-0.1, -0.05) is 17.7 Å². The first-order valence-electron chi connectivity index (χ1n) is 4.16. The summed E-state index contributed by atoms with van der Waals surface area (Å²) in [6, 6.07) is 4.25. The lowest BCUT2D eigenvalue weighted by Gasteiger charge is -2.06. The molecule has 5 nitrogen and oxygen atoms in total. The Balaban J connectivity index is 2.92. The second kappa shape index (κ2) is 5.31. The zero-order chi connectivity index (χ0) is 11.3. The third-order valence-corrected chi connectivity index (χ3v) is 1.92. The molecule has 0 N–H and O–H groups in total. The van der Waals surface area contributed by atoms with Crippen molar-refractivity contribution < 1.29 is 14.5 Å². The molecule has 1 aromatic carbocycles. The molecule has 15 heavy (non-hydrogen) atoms. The van der Waals surface area contributed by atoms with E-state index in [-0.39, 0.29) is 29.5 Å². The third kappa shape index (κ3) is 2.92. The number of hydrogen-bond acceptors (Lipinski definition) is 4. The van der Waals surface area contributed by atoms with Crippen LogP contribution >= 0.6 is 11.6 Å². The summed E-state index contributed by atoms with van der Waals surface area (Å²) in [5, 5.41) is 10.8. The Kier molecular flexibility index (Phi) is 4.05. The number of nitro groups is 1. The molecule has 80 valence electrons. The first-order chi connectivity index (χ1) is 7.16. The SMILES string of the molecule is O=CCCOc1c(Cl)cccc1[N+](=O)[O-]. The van der Waals surface area contributed by atoms with Crippen LogP contribution in [0, 0.1) is 10.1 Å². The lowest BCUT2D eigenvalue weighted by atomic mass is 10.3. The fraction of sp³-hybridized carbons (Fsp3) is 0.222. The zero-order valence-electron chi connectivity index (χ0n) is 7.68. The Labute approximate surface area is 90.8 Å². The van der Waals surface area contributed by atoms with E-state index in [1.807, 2.05) is 0 Å². The predicted molar refractivity (Wildman–Crippen MR) is 54.3 cm³/mol. The number of halogens is 1. The number of para-hydroxylation sites is 1. The highest BCUT2D eigenvalue weighted by atomic mass is 35.5.